The second-order valence-electron chi connectivity index (χ2n) is 4.60. The average molecular weight is 334 g/mol. The van der Waals surface area contributed by atoms with Gasteiger partial charge < -0.3 is 5.73 Å². The lowest BCUT2D eigenvalue weighted by Gasteiger charge is -2.33. The summed E-state index contributed by atoms with van der Waals surface area (Å²) in [6.45, 7) is 2.67. The Kier molecular flexibility index (Phi) is 4.98. The molecule has 1 saturated heterocycles. The molecule has 0 atom stereocenters. The smallest absolute Gasteiger partial charge is 0.243 e. The SMILES string of the molecule is NC(=S)CN1CCN(S(=O)(=O)c2ccc(Cl)cc2)CC1. The molecular formula is C12H16ClN3O2S2. The van der Waals surface area contributed by atoms with Crippen molar-refractivity contribution in [1.82, 2.24) is 9.21 Å². The summed E-state index contributed by atoms with van der Waals surface area (Å²) < 4.78 is 26.4. The van der Waals surface area contributed by atoms with Crippen LogP contribution < -0.4 is 5.73 Å². The van der Waals surface area contributed by atoms with Crippen molar-refractivity contribution in [2.45, 2.75) is 4.90 Å². The monoisotopic (exact) mass is 333 g/mol. The second kappa shape index (κ2) is 6.36. The molecule has 0 radical (unpaired) electrons. The van der Waals surface area contributed by atoms with Crippen LogP contribution >= 0.6 is 23.8 Å². The maximum Gasteiger partial charge on any atom is 0.243 e. The molecule has 1 aromatic rings. The van der Waals surface area contributed by atoms with Gasteiger partial charge in [-0.1, -0.05) is 23.8 Å². The molecule has 20 heavy (non-hydrogen) atoms. The third-order valence-corrected chi connectivity index (χ3v) is 5.46. The minimum Gasteiger partial charge on any atom is -0.392 e. The van der Waals surface area contributed by atoms with Crippen LogP contribution in [0.5, 0.6) is 0 Å². The Morgan fingerprint density at radius 2 is 1.75 bits per heavy atom. The number of benzene rings is 1. The average Bonchev–Trinajstić information content (AvgIpc) is 2.39. The highest BCUT2D eigenvalue weighted by atomic mass is 35.5. The Labute approximate surface area is 129 Å². The number of nitrogens with two attached hydrogens (primary N) is 1. The van der Waals surface area contributed by atoms with E-state index in [1.807, 2.05) is 0 Å². The number of rotatable bonds is 4. The van der Waals surface area contributed by atoms with E-state index in [1.165, 1.54) is 16.4 Å². The summed E-state index contributed by atoms with van der Waals surface area (Å²) in [7, 11) is -3.45. The Morgan fingerprint density at radius 1 is 1.20 bits per heavy atom. The second-order valence-corrected chi connectivity index (χ2v) is 7.50. The van der Waals surface area contributed by atoms with E-state index in [-0.39, 0.29) is 4.90 Å². The zero-order valence-electron chi connectivity index (χ0n) is 10.8. The van der Waals surface area contributed by atoms with Gasteiger partial charge in [-0.05, 0) is 24.3 Å². The lowest BCUT2D eigenvalue weighted by atomic mass is 10.3. The zero-order valence-corrected chi connectivity index (χ0v) is 13.2. The highest BCUT2D eigenvalue weighted by molar-refractivity contribution is 7.89. The number of nitrogens with zero attached hydrogens (tertiary/aromatic N) is 2. The molecule has 0 aliphatic carbocycles. The van der Waals surface area contributed by atoms with E-state index in [9.17, 15) is 8.42 Å². The summed E-state index contributed by atoms with van der Waals surface area (Å²) in [5.41, 5.74) is 5.49. The van der Waals surface area contributed by atoms with Gasteiger partial charge in [0.05, 0.1) is 9.88 Å². The standard InChI is InChI=1S/C12H16ClN3O2S2/c13-10-1-3-11(4-2-10)20(17,18)16-7-5-15(6-8-16)9-12(14)19/h1-4H,5-9H2,(H2,14,19). The molecule has 1 fully saturated rings. The highest BCUT2D eigenvalue weighted by Gasteiger charge is 2.28. The molecule has 110 valence electrons. The summed E-state index contributed by atoms with van der Waals surface area (Å²) in [4.78, 5) is 2.75. The zero-order chi connectivity index (χ0) is 14.8. The van der Waals surface area contributed by atoms with Gasteiger partial charge in [0.25, 0.3) is 0 Å². The van der Waals surface area contributed by atoms with Crippen molar-refractivity contribution in [1.29, 1.82) is 0 Å². The summed E-state index contributed by atoms with van der Waals surface area (Å²) in [5.74, 6) is 0. The van der Waals surface area contributed by atoms with Crippen LogP contribution in [0.1, 0.15) is 0 Å². The van der Waals surface area contributed by atoms with Crippen molar-refractivity contribution in [3.05, 3.63) is 29.3 Å². The first-order valence-corrected chi connectivity index (χ1v) is 8.38. The van der Waals surface area contributed by atoms with Gasteiger partial charge >= 0.3 is 0 Å². The van der Waals surface area contributed by atoms with Gasteiger partial charge in [-0.25, -0.2) is 8.42 Å². The maximum atomic E-state index is 12.4. The molecule has 1 aliphatic heterocycles. The molecule has 1 aliphatic rings. The Morgan fingerprint density at radius 3 is 2.25 bits per heavy atom. The first-order chi connectivity index (χ1) is 9.39. The van der Waals surface area contributed by atoms with Crippen molar-refractivity contribution >= 4 is 38.8 Å². The van der Waals surface area contributed by atoms with Crippen molar-refractivity contribution in [2.24, 2.45) is 5.73 Å². The van der Waals surface area contributed by atoms with Crippen LogP contribution in [0.2, 0.25) is 5.02 Å². The number of halogens is 1. The summed E-state index contributed by atoms with van der Waals surface area (Å²) in [6, 6.07) is 6.22. The summed E-state index contributed by atoms with van der Waals surface area (Å²) in [6.07, 6.45) is 0. The maximum absolute atomic E-state index is 12.4. The van der Waals surface area contributed by atoms with E-state index in [2.05, 4.69) is 4.90 Å². The lowest BCUT2D eigenvalue weighted by Crippen LogP contribution is -2.50. The minimum absolute atomic E-state index is 0.268. The van der Waals surface area contributed by atoms with Crippen molar-refractivity contribution < 1.29 is 8.42 Å². The third kappa shape index (κ3) is 3.67. The van der Waals surface area contributed by atoms with Gasteiger partial charge in [0.15, 0.2) is 0 Å². The van der Waals surface area contributed by atoms with Gasteiger partial charge in [0.1, 0.15) is 0 Å². The molecule has 5 nitrogen and oxygen atoms in total. The van der Waals surface area contributed by atoms with Crippen molar-refractivity contribution in [2.75, 3.05) is 32.7 Å². The molecule has 2 rings (SSSR count). The van der Waals surface area contributed by atoms with Crippen LogP contribution in [-0.4, -0.2) is 55.3 Å². The quantitative estimate of drug-likeness (QED) is 0.830. The first kappa shape index (κ1) is 15.7. The fourth-order valence-corrected chi connectivity index (χ4v) is 3.83. The topological polar surface area (TPSA) is 66.6 Å². The van der Waals surface area contributed by atoms with E-state index in [0.717, 1.165) is 0 Å². The molecule has 0 bridgehead atoms. The number of thiocarbonyl (C=S) groups is 1. The van der Waals surface area contributed by atoms with Crippen LogP contribution in [-0.2, 0) is 10.0 Å². The van der Waals surface area contributed by atoms with Crippen LogP contribution in [0.3, 0.4) is 0 Å². The minimum atomic E-state index is -3.45. The largest absolute Gasteiger partial charge is 0.392 e. The van der Waals surface area contributed by atoms with E-state index in [0.29, 0.717) is 42.7 Å². The van der Waals surface area contributed by atoms with Crippen LogP contribution in [0.25, 0.3) is 0 Å². The van der Waals surface area contributed by atoms with Crippen LogP contribution in [0.4, 0.5) is 0 Å². The van der Waals surface area contributed by atoms with Gasteiger partial charge in [-0.3, -0.25) is 4.90 Å². The fourth-order valence-electron chi connectivity index (χ4n) is 2.10. The highest BCUT2D eigenvalue weighted by Crippen LogP contribution is 2.19. The van der Waals surface area contributed by atoms with E-state index < -0.39 is 10.0 Å². The van der Waals surface area contributed by atoms with Gasteiger partial charge in [0, 0.05) is 37.7 Å². The Hall–Kier alpha value is -0.730. The molecule has 0 spiro atoms. The van der Waals surface area contributed by atoms with Crippen LogP contribution in [0.15, 0.2) is 29.2 Å². The molecule has 1 aromatic carbocycles. The predicted octanol–water partition coefficient (Wildman–Crippen LogP) is 0.932. The number of hydrogen-bond acceptors (Lipinski definition) is 4. The molecule has 1 heterocycles. The first-order valence-electron chi connectivity index (χ1n) is 6.16. The molecule has 0 aromatic heterocycles. The van der Waals surface area contributed by atoms with E-state index in [1.54, 1.807) is 12.1 Å². The van der Waals surface area contributed by atoms with Crippen molar-refractivity contribution in [3.63, 3.8) is 0 Å². The molecule has 0 amide bonds. The van der Waals surface area contributed by atoms with E-state index >= 15 is 0 Å². The fraction of sp³-hybridized carbons (Fsp3) is 0.417. The molecule has 0 unspecified atom stereocenters. The Balaban J connectivity index is 2.05. The predicted molar refractivity (Wildman–Crippen MR) is 83.4 cm³/mol. The normalized spacial score (nSPS) is 18.1. The van der Waals surface area contributed by atoms with Crippen molar-refractivity contribution in [3.8, 4) is 0 Å². The number of hydrogen-bond donors (Lipinski definition) is 1. The lowest BCUT2D eigenvalue weighted by molar-refractivity contribution is 0.209. The molecular weight excluding hydrogens is 318 g/mol. The van der Waals surface area contributed by atoms with Gasteiger partial charge in [0.2, 0.25) is 10.0 Å². The van der Waals surface area contributed by atoms with Gasteiger partial charge in [-0.2, -0.15) is 4.31 Å². The number of piperazine rings is 1. The number of sulfonamides is 1. The molecule has 0 saturated carbocycles. The van der Waals surface area contributed by atoms with E-state index in [4.69, 9.17) is 29.6 Å². The molecule has 2 N–H and O–H groups in total. The summed E-state index contributed by atoms with van der Waals surface area (Å²) in [5, 5.41) is 0.519. The molecule has 8 heteroatoms. The third-order valence-electron chi connectivity index (χ3n) is 3.16. The summed E-state index contributed by atoms with van der Waals surface area (Å²) >= 11 is 10.6. The van der Waals surface area contributed by atoms with Crippen LogP contribution in [0, 0.1) is 0 Å². The van der Waals surface area contributed by atoms with Gasteiger partial charge in [-0.15, -0.1) is 0 Å². The Bertz CT molecular complexity index is 581.